The third kappa shape index (κ3) is 3.91. The number of nitrogens with zero attached hydrogens (tertiary/aromatic N) is 4. The fraction of sp³-hybridized carbons (Fsp3) is 0.667. The molecule has 2 heterocycles. The standard InChI is InChI=1S/C12H21N7O2/c1-7(2)21-12-16-10(18-14)15-11(17-12)19-5-3-4-8(6-19)9(13)20/h7-8H,3-6,14H2,1-2H3,(H2,13,20)(H,15,16,17,18). The lowest BCUT2D eigenvalue weighted by molar-refractivity contribution is -0.122. The Bertz CT molecular complexity index is 508. The number of nitrogen functional groups attached to an aromatic ring is 1. The lowest BCUT2D eigenvalue weighted by Crippen LogP contribution is -2.42. The van der Waals surface area contributed by atoms with Crippen molar-refractivity contribution in [1.29, 1.82) is 0 Å². The summed E-state index contributed by atoms with van der Waals surface area (Å²) < 4.78 is 5.49. The normalized spacial score (nSPS) is 18.7. The van der Waals surface area contributed by atoms with Crippen LogP contribution in [0.3, 0.4) is 0 Å². The van der Waals surface area contributed by atoms with Gasteiger partial charge in [0.2, 0.25) is 17.8 Å². The molecule has 1 aliphatic heterocycles. The summed E-state index contributed by atoms with van der Waals surface area (Å²) in [5.41, 5.74) is 7.78. The van der Waals surface area contributed by atoms with Crippen molar-refractivity contribution >= 4 is 17.8 Å². The van der Waals surface area contributed by atoms with Crippen LogP contribution in [0.5, 0.6) is 6.01 Å². The van der Waals surface area contributed by atoms with Crippen LogP contribution >= 0.6 is 0 Å². The molecule has 0 radical (unpaired) electrons. The van der Waals surface area contributed by atoms with E-state index >= 15 is 0 Å². The monoisotopic (exact) mass is 295 g/mol. The van der Waals surface area contributed by atoms with Gasteiger partial charge in [0.05, 0.1) is 12.0 Å². The molecular formula is C12H21N7O2. The topological polar surface area (TPSA) is 132 Å². The van der Waals surface area contributed by atoms with Gasteiger partial charge in [0.25, 0.3) is 0 Å². The molecule has 1 aliphatic rings. The minimum atomic E-state index is -0.301. The van der Waals surface area contributed by atoms with E-state index in [1.807, 2.05) is 18.7 Å². The molecule has 1 saturated heterocycles. The highest BCUT2D eigenvalue weighted by Gasteiger charge is 2.26. The van der Waals surface area contributed by atoms with Crippen LogP contribution in [-0.4, -0.2) is 40.1 Å². The maximum atomic E-state index is 11.4. The maximum Gasteiger partial charge on any atom is 0.323 e. The zero-order valence-electron chi connectivity index (χ0n) is 12.2. The number of carbonyl (C=O) groups is 1. The summed E-state index contributed by atoms with van der Waals surface area (Å²) in [6.45, 7) is 5.00. The van der Waals surface area contributed by atoms with E-state index in [1.54, 1.807) is 0 Å². The molecule has 1 aromatic heterocycles. The zero-order chi connectivity index (χ0) is 15.4. The van der Waals surface area contributed by atoms with Gasteiger partial charge >= 0.3 is 6.01 Å². The second-order valence-electron chi connectivity index (χ2n) is 5.24. The molecule has 0 spiro atoms. The van der Waals surface area contributed by atoms with Crippen LogP contribution < -0.4 is 26.6 Å². The predicted octanol–water partition coefficient (Wildman–Crippen LogP) is -0.354. The number of amides is 1. The van der Waals surface area contributed by atoms with Gasteiger partial charge in [0.15, 0.2) is 0 Å². The van der Waals surface area contributed by atoms with Crippen LogP contribution in [0.4, 0.5) is 11.9 Å². The number of rotatable bonds is 5. The number of hydrazine groups is 1. The summed E-state index contributed by atoms with van der Waals surface area (Å²) in [5, 5.41) is 0. The Morgan fingerprint density at radius 2 is 2.19 bits per heavy atom. The van der Waals surface area contributed by atoms with Crippen LogP contribution in [-0.2, 0) is 4.79 Å². The first kappa shape index (κ1) is 15.2. The Balaban J connectivity index is 2.23. The highest BCUT2D eigenvalue weighted by Crippen LogP contribution is 2.22. The van der Waals surface area contributed by atoms with E-state index in [2.05, 4.69) is 20.4 Å². The van der Waals surface area contributed by atoms with Crippen molar-refractivity contribution in [2.24, 2.45) is 17.5 Å². The molecule has 0 saturated carbocycles. The van der Waals surface area contributed by atoms with Crippen molar-refractivity contribution in [2.75, 3.05) is 23.4 Å². The predicted molar refractivity (Wildman–Crippen MR) is 77.5 cm³/mol. The first-order valence-electron chi connectivity index (χ1n) is 6.93. The van der Waals surface area contributed by atoms with Crippen molar-refractivity contribution < 1.29 is 9.53 Å². The SMILES string of the molecule is CC(C)Oc1nc(NN)nc(N2CCCC(C(N)=O)C2)n1. The van der Waals surface area contributed by atoms with Gasteiger partial charge in [0.1, 0.15) is 0 Å². The lowest BCUT2D eigenvalue weighted by Gasteiger charge is -2.31. The van der Waals surface area contributed by atoms with Crippen molar-refractivity contribution in [1.82, 2.24) is 15.0 Å². The lowest BCUT2D eigenvalue weighted by atomic mass is 9.98. The van der Waals surface area contributed by atoms with Crippen LogP contribution in [0.1, 0.15) is 26.7 Å². The Kier molecular flexibility index (Phi) is 4.73. The van der Waals surface area contributed by atoms with Crippen LogP contribution in [0.2, 0.25) is 0 Å². The number of nitrogens with two attached hydrogens (primary N) is 2. The van der Waals surface area contributed by atoms with E-state index in [0.717, 1.165) is 19.4 Å². The molecule has 1 fully saturated rings. The number of piperidine rings is 1. The number of anilines is 2. The highest BCUT2D eigenvalue weighted by molar-refractivity contribution is 5.77. The van der Waals surface area contributed by atoms with Gasteiger partial charge in [-0.2, -0.15) is 15.0 Å². The quantitative estimate of drug-likeness (QED) is 0.496. The molecule has 1 amide bonds. The number of nitrogens with one attached hydrogen (secondary N) is 1. The number of hydrogen-bond acceptors (Lipinski definition) is 8. The first-order chi connectivity index (χ1) is 9.99. The second-order valence-corrected chi connectivity index (χ2v) is 5.24. The molecule has 5 N–H and O–H groups in total. The van der Waals surface area contributed by atoms with Gasteiger partial charge in [0, 0.05) is 13.1 Å². The number of carbonyl (C=O) groups excluding carboxylic acids is 1. The molecule has 9 heteroatoms. The summed E-state index contributed by atoms with van der Waals surface area (Å²) in [6, 6.07) is 0.198. The second kappa shape index (κ2) is 6.53. The maximum absolute atomic E-state index is 11.4. The summed E-state index contributed by atoms with van der Waals surface area (Å²) in [6.07, 6.45) is 1.57. The minimum absolute atomic E-state index is 0.0643. The molecule has 0 bridgehead atoms. The van der Waals surface area contributed by atoms with Crippen molar-refractivity contribution in [2.45, 2.75) is 32.8 Å². The van der Waals surface area contributed by atoms with Crippen molar-refractivity contribution in [3.05, 3.63) is 0 Å². The largest absolute Gasteiger partial charge is 0.461 e. The summed E-state index contributed by atoms with van der Waals surface area (Å²) >= 11 is 0. The summed E-state index contributed by atoms with van der Waals surface area (Å²) in [7, 11) is 0. The number of ether oxygens (including phenoxy) is 1. The summed E-state index contributed by atoms with van der Waals surface area (Å²) in [4.78, 5) is 25.8. The molecule has 116 valence electrons. The molecule has 1 unspecified atom stereocenters. The van der Waals surface area contributed by atoms with Gasteiger partial charge in [-0.3, -0.25) is 10.2 Å². The average Bonchev–Trinajstić information content (AvgIpc) is 2.46. The minimum Gasteiger partial charge on any atom is -0.461 e. The third-order valence-electron chi connectivity index (χ3n) is 3.18. The Labute approximate surface area is 123 Å². The average molecular weight is 295 g/mol. The number of aromatic nitrogens is 3. The van der Waals surface area contributed by atoms with Crippen LogP contribution in [0, 0.1) is 5.92 Å². The van der Waals surface area contributed by atoms with Crippen LogP contribution in [0.25, 0.3) is 0 Å². The molecule has 0 aliphatic carbocycles. The first-order valence-corrected chi connectivity index (χ1v) is 6.93. The smallest absolute Gasteiger partial charge is 0.323 e. The Morgan fingerprint density at radius 3 is 2.81 bits per heavy atom. The van der Waals surface area contributed by atoms with E-state index < -0.39 is 0 Å². The van der Waals surface area contributed by atoms with Crippen molar-refractivity contribution in [3.63, 3.8) is 0 Å². The van der Waals surface area contributed by atoms with Gasteiger partial charge in [-0.15, -0.1) is 0 Å². The van der Waals surface area contributed by atoms with Gasteiger partial charge in [-0.05, 0) is 26.7 Å². The number of primary amides is 1. The molecule has 2 rings (SSSR count). The fourth-order valence-electron chi connectivity index (χ4n) is 2.21. The molecule has 1 atom stereocenters. The Morgan fingerprint density at radius 1 is 1.43 bits per heavy atom. The Hall–Kier alpha value is -2.16. The van der Waals surface area contributed by atoms with E-state index in [0.29, 0.717) is 12.5 Å². The molecular weight excluding hydrogens is 274 g/mol. The molecule has 21 heavy (non-hydrogen) atoms. The highest BCUT2D eigenvalue weighted by atomic mass is 16.5. The molecule has 9 nitrogen and oxygen atoms in total. The van der Waals surface area contributed by atoms with E-state index in [1.165, 1.54) is 0 Å². The third-order valence-corrected chi connectivity index (χ3v) is 3.18. The zero-order valence-corrected chi connectivity index (χ0v) is 12.2. The van der Waals surface area contributed by atoms with E-state index in [-0.39, 0.29) is 29.9 Å². The molecule has 0 aromatic carbocycles. The van der Waals surface area contributed by atoms with Gasteiger partial charge in [-0.1, -0.05) is 0 Å². The summed E-state index contributed by atoms with van der Waals surface area (Å²) in [5.74, 6) is 5.53. The number of hydrogen-bond donors (Lipinski definition) is 3. The van der Waals surface area contributed by atoms with Crippen LogP contribution in [0.15, 0.2) is 0 Å². The van der Waals surface area contributed by atoms with Gasteiger partial charge < -0.3 is 15.4 Å². The van der Waals surface area contributed by atoms with E-state index in [4.69, 9.17) is 16.3 Å². The molecule has 1 aromatic rings. The van der Waals surface area contributed by atoms with Crippen molar-refractivity contribution in [3.8, 4) is 6.01 Å². The van der Waals surface area contributed by atoms with E-state index in [9.17, 15) is 4.79 Å². The fourth-order valence-corrected chi connectivity index (χ4v) is 2.21. The van der Waals surface area contributed by atoms with Gasteiger partial charge in [-0.25, -0.2) is 5.84 Å².